The van der Waals surface area contributed by atoms with Crippen molar-refractivity contribution in [1.29, 1.82) is 0 Å². The van der Waals surface area contributed by atoms with Crippen LogP contribution in [-0.2, 0) is 13.0 Å². The Bertz CT molecular complexity index is 1690. The maximum atomic E-state index is 13.3. The molecule has 0 amide bonds. The molecule has 5 aromatic rings. The van der Waals surface area contributed by atoms with E-state index in [1.807, 2.05) is 48.5 Å². The van der Waals surface area contributed by atoms with Crippen LogP contribution in [0.5, 0.6) is 11.5 Å². The van der Waals surface area contributed by atoms with Crippen molar-refractivity contribution in [2.45, 2.75) is 32.8 Å². The van der Waals surface area contributed by atoms with E-state index in [0.29, 0.717) is 41.3 Å². The van der Waals surface area contributed by atoms with E-state index in [2.05, 4.69) is 52.2 Å². The van der Waals surface area contributed by atoms with Gasteiger partial charge in [-0.1, -0.05) is 71.7 Å². The Labute approximate surface area is 229 Å². The maximum absolute atomic E-state index is 13.3. The number of ether oxygens (including phenoxy) is 2. The number of hydrogen-bond donors (Lipinski definition) is 0. The molecule has 0 radical (unpaired) electrons. The summed E-state index contributed by atoms with van der Waals surface area (Å²) in [6.07, 6.45) is 4.23. The van der Waals surface area contributed by atoms with Crippen LogP contribution in [0.3, 0.4) is 0 Å². The van der Waals surface area contributed by atoms with E-state index in [9.17, 15) is 4.79 Å². The highest BCUT2D eigenvalue weighted by molar-refractivity contribution is 9.10. The summed E-state index contributed by atoms with van der Waals surface area (Å²) in [5.41, 5.74) is 2.36. The Balaban J connectivity index is 1.42. The lowest BCUT2D eigenvalue weighted by Gasteiger charge is -2.13. The highest BCUT2D eigenvalue weighted by atomic mass is 79.9. The van der Waals surface area contributed by atoms with Crippen LogP contribution in [0.4, 0.5) is 0 Å². The van der Waals surface area contributed by atoms with Gasteiger partial charge in [-0.2, -0.15) is 9.78 Å². The largest absolute Gasteiger partial charge is 0.493 e. The van der Waals surface area contributed by atoms with Gasteiger partial charge in [-0.3, -0.25) is 4.79 Å². The number of aryl methyl sites for hydroxylation is 1. The summed E-state index contributed by atoms with van der Waals surface area (Å²) in [5, 5.41) is 7.41. The van der Waals surface area contributed by atoms with Gasteiger partial charge >= 0.3 is 0 Å². The van der Waals surface area contributed by atoms with Gasteiger partial charge in [-0.25, -0.2) is 4.98 Å². The molecule has 0 saturated heterocycles. The number of unbranched alkanes of at least 4 members (excludes halogenated alkanes) is 1. The van der Waals surface area contributed by atoms with Gasteiger partial charge in [0.1, 0.15) is 12.4 Å². The molecule has 0 unspecified atom stereocenters. The first-order valence-electron chi connectivity index (χ1n) is 12.6. The summed E-state index contributed by atoms with van der Waals surface area (Å²) in [4.78, 5) is 18.1. The molecule has 7 heteroatoms. The third kappa shape index (κ3) is 5.48. The van der Waals surface area contributed by atoms with E-state index in [0.717, 1.165) is 33.8 Å². The van der Waals surface area contributed by atoms with Crippen LogP contribution in [0.2, 0.25) is 0 Å². The van der Waals surface area contributed by atoms with E-state index < -0.39 is 0 Å². The number of benzene rings is 4. The fourth-order valence-electron chi connectivity index (χ4n) is 4.39. The Morgan fingerprint density at radius 1 is 0.974 bits per heavy atom. The SMILES string of the molecule is CCCCc1nc2ccc(Br)cc2c(=O)n1N=Cc1ccc(OCc2cccc3ccccc23)c(OC)c1. The van der Waals surface area contributed by atoms with Crippen LogP contribution < -0.4 is 15.0 Å². The highest BCUT2D eigenvalue weighted by Gasteiger charge is 2.12. The molecule has 0 saturated carbocycles. The van der Waals surface area contributed by atoms with E-state index >= 15 is 0 Å². The molecule has 0 aliphatic carbocycles. The molecule has 0 aliphatic heterocycles. The zero-order valence-corrected chi connectivity index (χ0v) is 22.9. The lowest BCUT2D eigenvalue weighted by Crippen LogP contribution is -2.22. The van der Waals surface area contributed by atoms with Gasteiger partial charge in [0.15, 0.2) is 11.5 Å². The first kappa shape index (κ1) is 25.7. The van der Waals surface area contributed by atoms with Crippen molar-refractivity contribution in [2.24, 2.45) is 5.10 Å². The summed E-state index contributed by atoms with van der Waals surface area (Å²) in [6, 6.07) is 25.6. The molecule has 1 aromatic heterocycles. The number of aromatic nitrogens is 2. The first-order chi connectivity index (χ1) is 18.6. The predicted molar refractivity (Wildman–Crippen MR) is 157 cm³/mol. The van der Waals surface area contributed by atoms with Crippen LogP contribution >= 0.6 is 15.9 Å². The van der Waals surface area contributed by atoms with Crippen molar-refractivity contribution < 1.29 is 9.47 Å². The van der Waals surface area contributed by atoms with Gasteiger partial charge in [-0.05, 0) is 64.7 Å². The molecule has 6 nitrogen and oxygen atoms in total. The number of hydrogen-bond acceptors (Lipinski definition) is 5. The zero-order valence-electron chi connectivity index (χ0n) is 21.4. The third-order valence-corrected chi connectivity index (χ3v) is 6.90. The van der Waals surface area contributed by atoms with Crippen molar-refractivity contribution in [1.82, 2.24) is 9.66 Å². The van der Waals surface area contributed by atoms with Gasteiger partial charge in [0.05, 0.1) is 24.2 Å². The minimum Gasteiger partial charge on any atom is -0.493 e. The molecular weight excluding hydrogens is 542 g/mol. The molecule has 0 atom stereocenters. The number of methoxy groups -OCH3 is 1. The van der Waals surface area contributed by atoms with E-state index in [1.54, 1.807) is 19.4 Å². The Morgan fingerprint density at radius 2 is 1.82 bits per heavy atom. The summed E-state index contributed by atoms with van der Waals surface area (Å²) in [7, 11) is 1.61. The second-order valence-corrected chi connectivity index (χ2v) is 9.91. The monoisotopic (exact) mass is 569 g/mol. The third-order valence-electron chi connectivity index (χ3n) is 6.40. The predicted octanol–water partition coefficient (Wildman–Crippen LogP) is 7.12. The van der Waals surface area contributed by atoms with Crippen LogP contribution in [0.1, 0.15) is 36.7 Å². The van der Waals surface area contributed by atoms with Crippen molar-refractivity contribution in [3.8, 4) is 11.5 Å². The molecule has 5 rings (SSSR count). The highest BCUT2D eigenvalue weighted by Crippen LogP contribution is 2.29. The quantitative estimate of drug-likeness (QED) is 0.177. The molecule has 1 heterocycles. The second kappa shape index (κ2) is 11.6. The minimum atomic E-state index is -0.194. The Morgan fingerprint density at radius 3 is 2.66 bits per heavy atom. The lowest BCUT2D eigenvalue weighted by molar-refractivity contribution is 0.285. The molecule has 0 aliphatic rings. The van der Waals surface area contributed by atoms with Crippen LogP contribution in [0.25, 0.3) is 21.7 Å². The van der Waals surface area contributed by atoms with E-state index in [-0.39, 0.29) is 5.56 Å². The smallest absolute Gasteiger partial charge is 0.282 e. The lowest BCUT2D eigenvalue weighted by atomic mass is 10.1. The van der Waals surface area contributed by atoms with E-state index in [4.69, 9.17) is 14.5 Å². The average molecular weight is 570 g/mol. The molecule has 0 spiro atoms. The Hall–Kier alpha value is -3.97. The van der Waals surface area contributed by atoms with Gasteiger partial charge in [0.25, 0.3) is 5.56 Å². The summed E-state index contributed by atoms with van der Waals surface area (Å²) >= 11 is 3.45. The molecule has 192 valence electrons. The van der Waals surface area contributed by atoms with Crippen LogP contribution in [-0.4, -0.2) is 23.0 Å². The molecule has 0 fully saturated rings. The molecule has 0 N–H and O–H groups in total. The summed E-state index contributed by atoms with van der Waals surface area (Å²) in [6.45, 7) is 2.53. The summed E-state index contributed by atoms with van der Waals surface area (Å²) < 4.78 is 14.0. The van der Waals surface area contributed by atoms with Crippen LogP contribution in [0.15, 0.2) is 93.2 Å². The van der Waals surface area contributed by atoms with Crippen molar-refractivity contribution >= 4 is 43.8 Å². The maximum Gasteiger partial charge on any atom is 0.282 e. The number of fused-ring (bicyclic) bond motifs is 2. The standard InChI is InChI=1S/C31H28BrN3O3/c1-3-4-12-30-34-27-15-14-24(32)18-26(27)31(36)35(30)33-19-21-13-16-28(29(17-21)37-2)38-20-23-10-7-9-22-8-5-6-11-25(22)23/h5-11,13-19H,3-4,12,20H2,1-2H3. The molecule has 38 heavy (non-hydrogen) atoms. The topological polar surface area (TPSA) is 65.7 Å². The zero-order chi connectivity index (χ0) is 26.5. The normalized spacial score (nSPS) is 11.4. The number of nitrogens with zero attached hydrogens (tertiary/aromatic N) is 3. The van der Waals surface area contributed by atoms with Crippen LogP contribution in [0, 0.1) is 0 Å². The number of halogens is 1. The van der Waals surface area contributed by atoms with Gasteiger partial charge in [0.2, 0.25) is 0 Å². The average Bonchev–Trinajstić information content (AvgIpc) is 2.95. The Kier molecular flexibility index (Phi) is 7.84. The molecular formula is C31H28BrN3O3. The summed E-state index contributed by atoms with van der Waals surface area (Å²) in [5.74, 6) is 1.87. The van der Waals surface area contributed by atoms with Gasteiger partial charge in [-0.15, -0.1) is 0 Å². The fraction of sp³-hybridized carbons (Fsp3) is 0.194. The number of rotatable bonds is 9. The van der Waals surface area contributed by atoms with Gasteiger partial charge < -0.3 is 9.47 Å². The first-order valence-corrected chi connectivity index (χ1v) is 13.4. The van der Waals surface area contributed by atoms with Crippen molar-refractivity contribution in [2.75, 3.05) is 7.11 Å². The minimum absolute atomic E-state index is 0.194. The van der Waals surface area contributed by atoms with Crippen molar-refractivity contribution in [3.05, 3.63) is 111 Å². The van der Waals surface area contributed by atoms with Crippen molar-refractivity contribution in [3.63, 3.8) is 0 Å². The molecule has 0 bridgehead atoms. The van der Waals surface area contributed by atoms with E-state index in [1.165, 1.54) is 10.1 Å². The van der Waals surface area contributed by atoms with Gasteiger partial charge in [0, 0.05) is 10.9 Å². The second-order valence-electron chi connectivity index (χ2n) is 8.99. The fourth-order valence-corrected chi connectivity index (χ4v) is 4.75. The molecule has 4 aromatic carbocycles.